The van der Waals surface area contributed by atoms with E-state index in [9.17, 15) is 13.6 Å². The van der Waals surface area contributed by atoms with E-state index < -0.39 is 17.5 Å². The summed E-state index contributed by atoms with van der Waals surface area (Å²) < 4.78 is 26.5. The Hall–Kier alpha value is -2.69. The molecule has 112 valence electrons. The predicted octanol–water partition coefficient (Wildman–Crippen LogP) is 4.32. The van der Waals surface area contributed by atoms with Gasteiger partial charge in [0.25, 0.3) is 5.91 Å². The van der Waals surface area contributed by atoms with Crippen molar-refractivity contribution in [1.29, 1.82) is 0 Å². The maximum absolute atomic E-state index is 13.6. The molecule has 1 aromatic heterocycles. The minimum absolute atomic E-state index is 0.0550. The Bertz CT molecular complexity index is 884. The van der Waals surface area contributed by atoms with Crippen LogP contribution in [0, 0.1) is 25.5 Å². The third kappa shape index (κ3) is 2.45. The Labute approximate surface area is 126 Å². The molecule has 0 aliphatic heterocycles. The summed E-state index contributed by atoms with van der Waals surface area (Å²) in [6.07, 6.45) is 0. The average Bonchev–Trinajstić information content (AvgIpc) is 2.78. The first-order chi connectivity index (χ1) is 10.5. The molecule has 0 aliphatic rings. The third-order valence-electron chi connectivity index (χ3n) is 3.62. The molecule has 0 saturated carbocycles. The second-order valence-corrected chi connectivity index (χ2v) is 5.25. The molecule has 1 heterocycles. The zero-order valence-corrected chi connectivity index (χ0v) is 12.1. The molecule has 3 aromatic rings. The van der Waals surface area contributed by atoms with E-state index in [1.54, 1.807) is 0 Å². The molecule has 3 nitrogen and oxygen atoms in total. The molecule has 2 aromatic carbocycles. The molecule has 0 saturated heterocycles. The quantitative estimate of drug-likeness (QED) is 0.727. The Morgan fingerprint density at radius 3 is 2.59 bits per heavy atom. The van der Waals surface area contributed by atoms with Crippen molar-refractivity contribution < 1.29 is 13.6 Å². The van der Waals surface area contributed by atoms with Crippen LogP contribution in [0.5, 0.6) is 0 Å². The number of anilines is 1. The van der Waals surface area contributed by atoms with Crippen LogP contribution in [0.3, 0.4) is 0 Å². The Balaban J connectivity index is 1.97. The second-order valence-electron chi connectivity index (χ2n) is 5.25. The molecular weight excluding hydrogens is 286 g/mol. The van der Waals surface area contributed by atoms with Crippen molar-refractivity contribution in [3.05, 3.63) is 64.9 Å². The number of carbonyl (C=O) groups excluding carboxylic acids is 1. The van der Waals surface area contributed by atoms with Crippen LogP contribution in [0.1, 0.15) is 21.6 Å². The summed E-state index contributed by atoms with van der Waals surface area (Å²) in [7, 11) is 0. The maximum atomic E-state index is 13.6. The first-order valence-corrected chi connectivity index (χ1v) is 6.81. The van der Waals surface area contributed by atoms with Gasteiger partial charge in [0.15, 0.2) is 0 Å². The van der Waals surface area contributed by atoms with Gasteiger partial charge in [-0.2, -0.15) is 0 Å². The zero-order chi connectivity index (χ0) is 15.9. The lowest BCUT2D eigenvalue weighted by Crippen LogP contribution is -2.14. The number of carbonyl (C=O) groups is 1. The summed E-state index contributed by atoms with van der Waals surface area (Å²) >= 11 is 0. The predicted molar refractivity (Wildman–Crippen MR) is 82.1 cm³/mol. The van der Waals surface area contributed by atoms with Crippen molar-refractivity contribution in [1.82, 2.24) is 4.98 Å². The number of fused-ring (bicyclic) bond motifs is 1. The highest BCUT2D eigenvalue weighted by atomic mass is 19.1. The van der Waals surface area contributed by atoms with Crippen LogP contribution in [-0.2, 0) is 0 Å². The fraction of sp³-hybridized carbons (Fsp3) is 0.118. The highest BCUT2D eigenvalue weighted by molar-refractivity contribution is 6.07. The van der Waals surface area contributed by atoms with E-state index in [1.165, 1.54) is 6.07 Å². The van der Waals surface area contributed by atoms with E-state index in [1.807, 2.05) is 32.0 Å². The SMILES string of the molecule is Cc1ccc2c(C)c(C(=O)Nc3ccc(F)cc3F)[nH]c2c1. The van der Waals surface area contributed by atoms with Crippen LogP contribution in [0.15, 0.2) is 36.4 Å². The zero-order valence-electron chi connectivity index (χ0n) is 12.1. The van der Waals surface area contributed by atoms with Crippen molar-refractivity contribution in [2.24, 2.45) is 0 Å². The van der Waals surface area contributed by atoms with E-state index in [4.69, 9.17) is 0 Å². The van der Waals surface area contributed by atoms with Crippen LogP contribution in [-0.4, -0.2) is 10.9 Å². The van der Waals surface area contributed by atoms with Crippen molar-refractivity contribution in [2.45, 2.75) is 13.8 Å². The first kappa shape index (κ1) is 14.3. The van der Waals surface area contributed by atoms with Gasteiger partial charge < -0.3 is 10.3 Å². The van der Waals surface area contributed by atoms with Gasteiger partial charge in [0, 0.05) is 17.0 Å². The Morgan fingerprint density at radius 2 is 1.86 bits per heavy atom. The number of rotatable bonds is 2. The molecule has 0 atom stereocenters. The second kappa shape index (κ2) is 5.26. The minimum atomic E-state index is -0.807. The fourth-order valence-corrected chi connectivity index (χ4v) is 2.45. The largest absolute Gasteiger partial charge is 0.350 e. The number of aromatic amines is 1. The molecule has 0 radical (unpaired) electrons. The van der Waals surface area contributed by atoms with E-state index in [0.717, 1.165) is 34.2 Å². The van der Waals surface area contributed by atoms with E-state index in [0.29, 0.717) is 5.69 Å². The molecule has 0 unspecified atom stereocenters. The van der Waals surface area contributed by atoms with Crippen molar-refractivity contribution >= 4 is 22.5 Å². The molecule has 5 heteroatoms. The summed E-state index contributed by atoms with van der Waals surface area (Å²) in [6.45, 7) is 3.79. The average molecular weight is 300 g/mol. The van der Waals surface area contributed by atoms with E-state index in [-0.39, 0.29) is 5.69 Å². The lowest BCUT2D eigenvalue weighted by Gasteiger charge is -2.06. The molecule has 0 aliphatic carbocycles. The van der Waals surface area contributed by atoms with Crippen LogP contribution < -0.4 is 5.32 Å². The summed E-state index contributed by atoms with van der Waals surface area (Å²) in [6, 6.07) is 8.87. The topological polar surface area (TPSA) is 44.9 Å². The highest BCUT2D eigenvalue weighted by Crippen LogP contribution is 2.24. The summed E-state index contributed by atoms with van der Waals surface area (Å²) in [5, 5.41) is 3.40. The van der Waals surface area contributed by atoms with E-state index in [2.05, 4.69) is 10.3 Å². The number of H-pyrrole nitrogens is 1. The van der Waals surface area contributed by atoms with Crippen LogP contribution in [0.25, 0.3) is 10.9 Å². The molecule has 22 heavy (non-hydrogen) atoms. The van der Waals surface area contributed by atoms with Crippen LogP contribution in [0.4, 0.5) is 14.5 Å². The number of benzene rings is 2. The van der Waals surface area contributed by atoms with Gasteiger partial charge in [0.2, 0.25) is 0 Å². The lowest BCUT2D eigenvalue weighted by molar-refractivity contribution is 0.102. The van der Waals surface area contributed by atoms with Gasteiger partial charge in [0.05, 0.1) is 5.69 Å². The van der Waals surface area contributed by atoms with Gasteiger partial charge in [-0.3, -0.25) is 4.79 Å². The molecule has 0 spiro atoms. The molecule has 0 fully saturated rings. The molecule has 1 amide bonds. The standard InChI is InChI=1S/C17H14F2N2O/c1-9-3-5-12-10(2)16(20-15(12)7-9)17(22)21-14-6-4-11(18)8-13(14)19/h3-8,20H,1-2H3,(H,21,22). The number of hydrogen-bond acceptors (Lipinski definition) is 1. The van der Waals surface area contributed by atoms with Crippen molar-refractivity contribution in [3.8, 4) is 0 Å². The number of halogens is 2. The Morgan fingerprint density at radius 1 is 1.09 bits per heavy atom. The number of aromatic nitrogens is 1. The number of amides is 1. The summed E-state index contributed by atoms with van der Waals surface area (Å²) in [5.74, 6) is -1.96. The van der Waals surface area contributed by atoms with Crippen LogP contribution in [0.2, 0.25) is 0 Å². The summed E-state index contributed by atoms with van der Waals surface area (Å²) in [5.41, 5.74) is 3.02. The highest BCUT2D eigenvalue weighted by Gasteiger charge is 2.16. The van der Waals surface area contributed by atoms with Crippen molar-refractivity contribution in [2.75, 3.05) is 5.32 Å². The number of aryl methyl sites for hydroxylation is 2. The van der Waals surface area contributed by atoms with Gasteiger partial charge in [-0.15, -0.1) is 0 Å². The summed E-state index contributed by atoms with van der Waals surface area (Å²) in [4.78, 5) is 15.4. The molecule has 3 rings (SSSR count). The van der Waals surface area contributed by atoms with Gasteiger partial charge in [-0.05, 0) is 43.2 Å². The van der Waals surface area contributed by atoms with Gasteiger partial charge in [-0.1, -0.05) is 12.1 Å². The van der Waals surface area contributed by atoms with Crippen molar-refractivity contribution in [3.63, 3.8) is 0 Å². The Kier molecular flexibility index (Phi) is 3.41. The lowest BCUT2D eigenvalue weighted by atomic mass is 10.1. The molecular formula is C17H14F2N2O. The molecule has 0 bridgehead atoms. The first-order valence-electron chi connectivity index (χ1n) is 6.81. The molecule has 2 N–H and O–H groups in total. The van der Waals surface area contributed by atoms with Gasteiger partial charge >= 0.3 is 0 Å². The maximum Gasteiger partial charge on any atom is 0.272 e. The van der Waals surface area contributed by atoms with Gasteiger partial charge in [0.1, 0.15) is 17.3 Å². The third-order valence-corrected chi connectivity index (χ3v) is 3.62. The monoisotopic (exact) mass is 300 g/mol. The van der Waals surface area contributed by atoms with E-state index >= 15 is 0 Å². The number of hydrogen-bond donors (Lipinski definition) is 2. The normalized spacial score (nSPS) is 10.9. The number of nitrogens with one attached hydrogen (secondary N) is 2. The fourth-order valence-electron chi connectivity index (χ4n) is 2.45. The smallest absolute Gasteiger partial charge is 0.272 e. The minimum Gasteiger partial charge on any atom is -0.350 e. The van der Waals surface area contributed by atoms with Gasteiger partial charge in [-0.25, -0.2) is 8.78 Å². The van der Waals surface area contributed by atoms with Crippen LogP contribution >= 0.6 is 0 Å².